The molecule has 20 heavy (non-hydrogen) atoms. The number of ether oxygens (including phenoxy) is 1. The summed E-state index contributed by atoms with van der Waals surface area (Å²) in [6, 6.07) is 6.48. The Morgan fingerprint density at radius 3 is 2.30 bits per heavy atom. The van der Waals surface area contributed by atoms with Gasteiger partial charge in [0.1, 0.15) is 0 Å². The summed E-state index contributed by atoms with van der Waals surface area (Å²) >= 11 is 1.84. The topological polar surface area (TPSA) is 26.3 Å². The molecule has 0 atom stereocenters. The second kappa shape index (κ2) is 5.78. The van der Waals surface area contributed by atoms with Crippen molar-refractivity contribution in [2.45, 2.75) is 0 Å². The largest absolute Gasteiger partial charge is 0.420 e. The summed E-state index contributed by atoms with van der Waals surface area (Å²) in [4.78, 5) is 11.8. The lowest BCUT2D eigenvalue weighted by Crippen LogP contribution is -2.12. The van der Waals surface area contributed by atoms with E-state index in [0.717, 1.165) is 0 Å². The molecule has 0 unspecified atom stereocenters. The maximum Gasteiger partial charge on any atom is 0.344 e. The minimum Gasteiger partial charge on any atom is -0.420 e. The molecular weight excluding hydrogens is 391 g/mol. The van der Waals surface area contributed by atoms with Crippen LogP contribution in [0.25, 0.3) is 0 Å². The van der Waals surface area contributed by atoms with Crippen molar-refractivity contribution in [2.75, 3.05) is 0 Å². The number of carbonyl (C=O) groups excluding carboxylic acids is 1. The molecule has 2 nitrogen and oxygen atoms in total. The van der Waals surface area contributed by atoms with E-state index in [1.54, 1.807) is 18.2 Å². The molecule has 0 aliphatic carbocycles. The summed E-state index contributed by atoms with van der Waals surface area (Å²) in [7, 11) is 0. The zero-order valence-corrected chi connectivity index (χ0v) is 11.8. The molecule has 2 rings (SSSR count). The molecule has 0 saturated carbocycles. The standard InChI is InChI=1S/C13H5F4IO2/c14-7-5-9(11(16)12(17)10(7)15)20-13(19)6-3-1-2-4-8(6)18/h1-5H. The molecule has 2 aromatic rings. The number of hydrogen-bond donors (Lipinski definition) is 0. The van der Waals surface area contributed by atoms with E-state index < -0.39 is 35.0 Å². The van der Waals surface area contributed by atoms with Crippen molar-refractivity contribution >= 4 is 28.6 Å². The summed E-state index contributed by atoms with van der Waals surface area (Å²) < 4.78 is 57.2. The van der Waals surface area contributed by atoms with Crippen molar-refractivity contribution in [3.63, 3.8) is 0 Å². The SMILES string of the molecule is O=C(Oc1cc(F)c(F)c(F)c1F)c1ccccc1I. The van der Waals surface area contributed by atoms with E-state index in [2.05, 4.69) is 4.74 Å². The second-order valence-electron chi connectivity index (χ2n) is 3.67. The highest BCUT2D eigenvalue weighted by molar-refractivity contribution is 14.1. The van der Waals surface area contributed by atoms with Crippen molar-refractivity contribution in [1.29, 1.82) is 0 Å². The maximum absolute atomic E-state index is 13.4. The third kappa shape index (κ3) is 2.77. The van der Waals surface area contributed by atoms with E-state index >= 15 is 0 Å². The van der Waals surface area contributed by atoms with Crippen LogP contribution in [-0.4, -0.2) is 5.97 Å². The van der Waals surface area contributed by atoms with E-state index in [1.807, 2.05) is 22.6 Å². The zero-order valence-electron chi connectivity index (χ0n) is 9.59. The Morgan fingerprint density at radius 2 is 1.65 bits per heavy atom. The van der Waals surface area contributed by atoms with Gasteiger partial charge in [0.2, 0.25) is 11.6 Å². The number of benzene rings is 2. The Bertz CT molecular complexity index is 688. The first-order chi connectivity index (χ1) is 9.41. The van der Waals surface area contributed by atoms with Crippen LogP contribution in [0.3, 0.4) is 0 Å². The number of esters is 1. The van der Waals surface area contributed by atoms with Crippen LogP contribution in [0.15, 0.2) is 30.3 Å². The van der Waals surface area contributed by atoms with Crippen LogP contribution < -0.4 is 4.74 Å². The van der Waals surface area contributed by atoms with E-state index in [0.29, 0.717) is 3.57 Å². The average molecular weight is 396 g/mol. The molecule has 104 valence electrons. The maximum atomic E-state index is 13.4. The van der Waals surface area contributed by atoms with Gasteiger partial charge in [0.05, 0.1) is 5.56 Å². The predicted octanol–water partition coefficient (Wildman–Crippen LogP) is 4.07. The van der Waals surface area contributed by atoms with Gasteiger partial charge in [-0.05, 0) is 34.7 Å². The minimum atomic E-state index is -2.03. The third-order valence-corrected chi connectivity index (χ3v) is 3.31. The Labute approximate surface area is 124 Å². The van der Waals surface area contributed by atoms with Gasteiger partial charge in [0.15, 0.2) is 17.4 Å². The first-order valence-electron chi connectivity index (χ1n) is 5.21. The fourth-order valence-corrected chi connectivity index (χ4v) is 2.01. The summed E-state index contributed by atoms with van der Waals surface area (Å²) in [5, 5.41) is 0. The van der Waals surface area contributed by atoms with Crippen molar-refractivity contribution in [3.8, 4) is 5.75 Å². The first-order valence-corrected chi connectivity index (χ1v) is 6.29. The fourth-order valence-electron chi connectivity index (χ4n) is 1.41. The number of carbonyl (C=O) groups is 1. The Morgan fingerprint density at radius 1 is 1.00 bits per heavy atom. The van der Waals surface area contributed by atoms with E-state index in [9.17, 15) is 22.4 Å². The molecule has 0 spiro atoms. The van der Waals surface area contributed by atoms with E-state index in [-0.39, 0.29) is 11.6 Å². The lowest BCUT2D eigenvalue weighted by Gasteiger charge is -2.08. The fraction of sp³-hybridized carbons (Fsp3) is 0. The monoisotopic (exact) mass is 396 g/mol. The Balaban J connectivity index is 2.36. The average Bonchev–Trinajstić information content (AvgIpc) is 2.42. The summed E-state index contributed by atoms with van der Waals surface area (Å²) in [6.45, 7) is 0. The van der Waals surface area contributed by atoms with Gasteiger partial charge in [-0.1, -0.05) is 12.1 Å². The van der Waals surface area contributed by atoms with Crippen molar-refractivity contribution in [2.24, 2.45) is 0 Å². The number of halogens is 5. The van der Waals surface area contributed by atoms with Crippen LogP contribution in [0.4, 0.5) is 17.6 Å². The van der Waals surface area contributed by atoms with Crippen LogP contribution in [-0.2, 0) is 0 Å². The minimum absolute atomic E-state index is 0.0950. The molecule has 0 aromatic heterocycles. The van der Waals surface area contributed by atoms with Crippen molar-refractivity contribution in [1.82, 2.24) is 0 Å². The molecule has 0 fully saturated rings. The molecule has 0 amide bonds. The molecule has 0 aliphatic rings. The Hall–Kier alpha value is -1.64. The first kappa shape index (κ1) is 14.8. The van der Waals surface area contributed by atoms with Gasteiger partial charge in [0.25, 0.3) is 0 Å². The highest BCUT2D eigenvalue weighted by Crippen LogP contribution is 2.26. The lowest BCUT2D eigenvalue weighted by atomic mass is 10.2. The van der Waals surface area contributed by atoms with Gasteiger partial charge >= 0.3 is 5.97 Å². The quantitative estimate of drug-likeness (QED) is 0.191. The van der Waals surface area contributed by atoms with Crippen LogP contribution in [0.1, 0.15) is 10.4 Å². The zero-order chi connectivity index (χ0) is 14.9. The van der Waals surface area contributed by atoms with Gasteiger partial charge in [-0.3, -0.25) is 0 Å². The molecule has 2 aromatic carbocycles. The Kier molecular flexibility index (Phi) is 4.26. The molecule has 0 aliphatic heterocycles. The highest BCUT2D eigenvalue weighted by Gasteiger charge is 2.22. The van der Waals surface area contributed by atoms with E-state index in [4.69, 9.17) is 0 Å². The van der Waals surface area contributed by atoms with Crippen molar-refractivity contribution in [3.05, 3.63) is 62.7 Å². The third-order valence-electron chi connectivity index (χ3n) is 2.37. The molecule has 0 bridgehead atoms. The van der Waals surface area contributed by atoms with E-state index in [1.165, 1.54) is 6.07 Å². The number of hydrogen-bond acceptors (Lipinski definition) is 2. The molecule has 0 radical (unpaired) electrons. The normalized spacial score (nSPS) is 10.4. The summed E-state index contributed by atoms with van der Waals surface area (Å²) in [6.07, 6.45) is 0. The molecular formula is C13H5F4IO2. The molecule has 0 saturated heterocycles. The molecule has 0 N–H and O–H groups in total. The van der Waals surface area contributed by atoms with Crippen LogP contribution >= 0.6 is 22.6 Å². The van der Waals surface area contributed by atoms with Crippen LogP contribution in [0.2, 0.25) is 0 Å². The van der Waals surface area contributed by atoms with Gasteiger partial charge in [-0.2, -0.15) is 4.39 Å². The van der Waals surface area contributed by atoms with Crippen LogP contribution in [0, 0.1) is 26.8 Å². The smallest absolute Gasteiger partial charge is 0.344 e. The van der Waals surface area contributed by atoms with Gasteiger partial charge in [-0.15, -0.1) is 0 Å². The van der Waals surface area contributed by atoms with Gasteiger partial charge < -0.3 is 4.74 Å². The molecule has 7 heteroatoms. The summed E-state index contributed by atoms with van der Waals surface area (Å²) in [5.41, 5.74) is 0.0950. The lowest BCUT2D eigenvalue weighted by molar-refractivity contribution is 0.0724. The molecule has 0 heterocycles. The van der Waals surface area contributed by atoms with Gasteiger partial charge in [0, 0.05) is 9.64 Å². The van der Waals surface area contributed by atoms with Crippen LogP contribution in [0.5, 0.6) is 5.75 Å². The summed E-state index contributed by atoms with van der Waals surface area (Å²) in [5.74, 6) is -9.41. The van der Waals surface area contributed by atoms with Crippen molar-refractivity contribution < 1.29 is 27.1 Å². The predicted molar refractivity (Wildman–Crippen MR) is 70.4 cm³/mol. The number of rotatable bonds is 2. The highest BCUT2D eigenvalue weighted by atomic mass is 127. The van der Waals surface area contributed by atoms with Gasteiger partial charge in [-0.25, -0.2) is 18.0 Å². The second-order valence-corrected chi connectivity index (χ2v) is 4.83.